The summed E-state index contributed by atoms with van der Waals surface area (Å²) in [6, 6.07) is 15.2. The predicted octanol–water partition coefficient (Wildman–Crippen LogP) is 3.86. The molecule has 0 amide bonds. The zero-order valence-electron chi connectivity index (χ0n) is 10.2. The van der Waals surface area contributed by atoms with Gasteiger partial charge in [-0.25, -0.2) is 0 Å². The first-order chi connectivity index (χ1) is 8.79. The first-order valence-electron chi connectivity index (χ1n) is 5.73. The maximum atomic E-state index is 10.8. The van der Waals surface area contributed by atoms with Crippen molar-refractivity contribution in [3.05, 3.63) is 71.5 Å². The van der Waals surface area contributed by atoms with E-state index in [0.717, 1.165) is 17.6 Å². The molecule has 0 atom stereocenters. The fourth-order valence-electron chi connectivity index (χ4n) is 1.57. The van der Waals surface area contributed by atoms with Gasteiger partial charge in [-0.3, -0.25) is 4.79 Å². The third-order valence-corrected chi connectivity index (χ3v) is 2.60. The Morgan fingerprint density at radius 1 is 0.944 bits per heavy atom. The smallest absolute Gasteiger partial charge is 0.150 e. The van der Waals surface area contributed by atoms with Gasteiger partial charge < -0.3 is 4.74 Å². The molecular weight excluding hydrogens is 224 g/mol. The van der Waals surface area contributed by atoms with E-state index in [-0.39, 0.29) is 0 Å². The molecular formula is C16H14O2. The maximum absolute atomic E-state index is 10.8. The quantitative estimate of drug-likeness (QED) is 0.597. The van der Waals surface area contributed by atoms with Crippen LogP contribution >= 0.6 is 0 Å². The Bertz CT molecular complexity index is 554. The molecule has 0 fully saturated rings. The summed E-state index contributed by atoms with van der Waals surface area (Å²) in [6.45, 7) is 2.03. The number of benzene rings is 2. The van der Waals surface area contributed by atoms with Gasteiger partial charge in [-0.15, -0.1) is 0 Å². The van der Waals surface area contributed by atoms with Crippen molar-refractivity contribution in [1.82, 2.24) is 0 Å². The number of hydrogen-bond acceptors (Lipinski definition) is 2. The molecule has 0 aliphatic heterocycles. The third kappa shape index (κ3) is 3.08. The standard InChI is InChI=1S/C16H14O2/c1-13-6-8-16(9-7-13)18-11-10-14-4-2-3-5-15(14)12-17/h2-12H,1H3/b11-10+. The summed E-state index contributed by atoms with van der Waals surface area (Å²) >= 11 is 0. The molecule has 18 heavy (non-hydrogen) atoms. The Balaban J connectivity index is 2.07. The van der Waals surface area contributed by atoms with Crippen LogP contribution in [-0.2, 0) is 0 Å². The Hall–Kier alpha value is -2.35. The van der Waals surface area contributed by atoms with Crippen LogP contribution in [0.3, 0.4) is 0 Å². The van der Waals surface area contributed by atoms with Gasteiger partial charge in [0.25, 0.3) is 0 Å². The molecule has 90 valence electrons. The van der Waals surface area contributed by atoms with E-state index in [0.29, 0.717) is 5.56 Å². The van der Waals surface area contributed by atoms with Gasteiger partial charge in [-0.05, 0) is 30.7 Å². The highest BCUT2D eigenvalue weighted by Gasteiger charge is 1.95. The molecule has 0 spiro atoms. The van der Waals surface area contributed by atoms with E-state index in [4.69, 9.17) is 4.74 Å². The Morgan fingerprint density at radius 2 is 1.61 bits per heavy atom. The number of carbonyl (C=O) groups is 1. The van der Waals surface area contributed by atoms with Crippen LogP contribution in [0.25, 0.3) is 6.08 Å². The molecule has 0 radical (unpaired) electrons. The Labute approximate surface area is 107 Å². The average Bonchev–Trinajstić information content (AvgIpc) is 2.41. The fraction of sp³-hybridized carbons (Fsp3) is 0.0625. The lowest BCUT2D eigenvalue weighted by Gasteiger charge is -2.01. The molecule has 2 aromatic rings. The van der Waals surface area contributed by atoms with Gasteiger partial charge in [0.05, 0.1) is 6.26 Å². The summed E-state index contributed by atoms with van der Waals surface area (Å²) < 4.78 is 5.47. The highest BCUT2D eigenvalue weighted by atomic mass is 16.5. The monoisotopic (exact) mass is 238 g/mol. The molecule has 2 rings (SSSR count). The summed E-state index contributed by atoms with van der Waals surface area (Å²) in [7, 11) is 0. The van der Waals surface area contributed by atoms with E-state index in [1.54, 1.807) is 18.4 Å². The average molecular weight is 238 g/mol. The molecule has 0 saturated heterocycles. The van der Waals surface area contributed by atoms with Crippen molar-refractivity contribution in [3.8, 4) is 5.75 Å². The molecule has 0 aromatic heterocycles. The minimum absolute atomic E-state index is 0.654. The van der Waals surface area contributed by atoms with E-state index in [1.165, 1.54) is 5.56 Å². The number of carbonyl (C=O) groups excluding carboxylic acids is 1. The molecule has 0 aliphatic rings. The molecule has 2 aromatic carbocycles. The number of aldehydes is 1. The van der Waals surface area contributed by atoms with Crippen molar-refractivity contribution in [2.75, 3.05) is 0 Å². The second-order valence-corrected chi connectivity index (χ2v) is 3.98. The van der Waals surface area contributed by atoms with Crippen LogP contribution in [0.5, 0.6) is 5.75 Å². The van der Waals surface area contributed by atoms with Gasteiger partial charge in [0.1, 0.15) is 5.75 Å². The highest BCUT2D eigenvalue weighted by molar-refractivity contribution is 5.81. The predicted molar refractivity (Wildman–Crippen MR) is 72.7 cm³/mol. The van der Waals surface area contributed by atoms with Gasteiger partial charge in [0, 0.05) is 5.56 Å². The van der Waals surface area contributed by atoms with Crippen molar-refractivity contribution in [2.24, 2.45) is 0 Å². The SMILES string of the molecule is Cc1ccc(O/C=C/c2ccccc2C=O)cc1. The molecule has 2 nitrogen and oxygen atoms in total. The normalized spacial score (nSPS) is 10.5. The molecule has 2 heteroatoms. The van der Waals surface area contributed by atoms with Gasteiger partial charge in [0.2, 0.25) is 0 Å². The van der Waals surface area contributed by atoms with E-state index in [2.05, 4.69) is 0 Å². The van der Waals surface area contributed by atoms with Crippen molar-refractivity contribution in [2.45, 2.75) is 6.92 Å². The van der Waals surface area contributed by atoms with Gasteiger partial charge >= 0.3 is 0 Å². The third-order valence-electron chi connectivity index (χ3n) is 2.60. The molecule has 0 unspecified atom stereocenters. The van der Waals surface area contributed by atoms with Gasteiger partial charge in [0.15, 0.2) is 6.29 Å². The van der Waals surface area contributed by atoms with E-state index < -0.39 is 0 Å². The Kier molecular flexibility index (Phi) is 3.92. The van der Waals surface area contributed by atoms with Crippen LogP contribution in [0.4, 0.5) is 0 Å². The van der Waals surface area contributed by atoms with Crippen LogP contribution < -0.4 is 4.74 Å². The Morgan fingerprint density at radius 3 is 2.28 bits per heavy atom. The molecule has 0 bridgehead atoms. The van der Waals surface area contributed by atoms with Crippen LogP contribution in [0.1, 0.15) is 21.5 Å². The van der Waals surface area contributed by atoms with E-state index in [1.807, 2.05) is 49.4 Å². The number of rotatable bonds is 4. The van der Waals surface area contributed by atoms with E-state index >= 15 is 0 Å². The maximum Gasteiger partial charge on any atom is 0.150 e. The lowest BCUT2D eigenvalue weighted by Crippen LogP contribution is -1.86. The molecule has 0 heterocycles. The van der Waals surface area contributed by atoms with Crippen molar-refractivity contribution < 1.29 is 9.53 Å². The fourth-order valence-corrected chi connectivity index (χ4v) is 1.57. The largest absolute Gasteiger partial charge is 0.465 e. The molecule has 0 saturated carbocycles. The topological polar surface area (TPSA) is 26.3 Å². The zero-order chi connectivity index (χ0) is 12.8. The van der Waals surface area contributed by atoms with Crippen molar-refractivity contribution >= 4 is 12.4 Å². The summed E-state index contributed by atoms with van der Waals surface area (Å²) in [6.07, 6.45) is 4.21. The zero-order valence-corrected chi connectivity index (χ0v) is 10.2. The lowest BCUT2D eigenvalue weighted by atomic mass is 10.1. The van der Waals surface area contributed by atoms with Gasteiger partial charge in [-0.2, -0.15) is 0 Å². The number of ether oxygens (including phenoxy) is 1. The molecule has 0 aliphatic carbocycles. The highest BCUT2D eigenvalue weighted by Crippen LogP contribution is 2.13. The lowest BCUT2D eigenvalue weighted by molar-refractivity contribution is 0.112. The van der Waals surface area contributed by atoms with Crippen molar-refractivity contribution in [1.29, 1.82) is 0 Å². The van der Waals surface area contributed by atoms with Crippen LogP contribution in [-0.4, -0.2) is 6.29 Å². The summed E-state index contributed by atoms with van der Waals surface area (Å²) in [5.41, 5.74) is 2.69. The van der Waals surface area contributed by atoms with Crippen LogP contribution in [0.15, 0.2) is 54.8 Å². The van der Waals surface area contributed by atoms with Crippen LogP contribution in [0.2, 0.25) is 0 Å². The first-order valence-corrected chi connectivity index (χ1v) is 5.73. The molecule has 0 N–H and O–H groups in total. The van der Waals surface area contributed by atoms with E-state index in [9.17, 15) is 4.79 Å². The van der Waals surface area contributed by atoms with Crippen molar-refractivity contribution in [3.63, 3.8) is 0 Å². The number of hydrogen-bond donors (Lipinski definition) is 0. The summed E-state index contributed by atoms with van der Waals surface area (Å²) in [5.74, 6) is 0.778. The van der Waals surface area contributed by atoms with Crippen LogP contribution in [0, 0.1) is 6.92 Å². The minimum atomic E-state index is 0.654. The second-order valence-electron chi connectivity index (χ2n) is 3.98. The van der Waals surface area contributed by atoms with Gasteiger partial charge in [-0.1, -0.05) is 42.0 Å². The first kappa shape index (κ1) is 12.1. The summed E-state index contributed by atoms with van der Waals surface area (Å²) in [4.78, 5) is 10.8. The second kappa shape index (κ2) is 5.82. The minimum Gasteiger partial charge on any atom is -0.465 e. The number of aryl methyl sites for hydroxylation is 1. The summed E-state index contributed by atoms with van der Waals surface area (Å²) in [5, 5.41) is 0.